The molecule has 8 heteroatoms. The van der Waals surface area contributed by atoms with Gasteiger partial charge in [-0.3, -0.25) is 4.79 Å². The summed E-state index contributed by atoms with van der Waals surface area (Å²) in [6, 6.07) is 5.85. The minimum Gasteiger partial charge on any atom is -0.492 e. The SMILES string of the molecule is O=C(Nc1ccc(F)c(Cl)c1)c1ccc(F)c2c1OCC[C@@H]2NCl. The molecule has 1 aliphatic heterocycles. The van der Waals surface area contributed by atoms with Crippen molar-refractivity contribution in [3.05, 3.63) is 58.1 Å². The standard InChI is InChI=1S/C16H12Cl2F2N2O2/c17-10-7-8(1-3-11(10)19)21-16(23)9-2-4-12(20)14-13(22-18)5-6-24-15(9)14/h1-4,7,13,22H,5-6H2,(H,21,23)/t13-/m0/s1. The molecule has 0 saturated carbocycles. The highest BCUT2D eigenvalue weighted by Crippen LogP contribution is 2.37. The summed E-state index contributed by atoms with van der Waals surface area (Å²) in [6.45, 7) is 0.295. The van der Waals surface area contributed by atoms with Gasteiger partial charge in [0.2, 0.25) is 0 Å². The normalized spacial score (nSPS) is 16.2. The molecule has 0 fully saturated rings. The minimum atomic E-state index is -0.590. The Morgan fingerprint density at radius 2 is 1.96 bits per heavy atom. The number of rotatable bonds is 3. The summed E-state index contributed by atoms with van der Waals surface area (Å²) in [4.78, 5) is 15.0. The van der Waals surface area contributed by atoms with Crippen LogP contribution >= 0.6 is 23.4 Å². The van der Waals surface area contributed by atoms with Gasteiger partial charge in [0.1, 0.15) is 17.4 Å². The fourth-order valence-electron chi connectivity index (χ4n) is 2.54. The second-order valence-electron chi connectivity index (χ2n) is 5.22. The maximum atomic E-state index is 14.1. The molecule has 0 bridgehead atoms. The average Bonchev–Trinajstić information content (AvgIpc) is 2.58. The third kappa shape index (κ3) is 3.17. The molecule has 2 aromatic carbocycles. The van der Waals surface area contributed by atoms with Crippen LogP contribution in [0.3, 0.4) is 0 Å². The molecule has 0 spiro atoms. The maximum absolute atomic E-state index is 14.1. The van der Waals surface area contributed by atoms with Gasteiger partial charge in [-0.05, 0) is 42.1 Å². The summed E-state index contributed by atoms with van der Waals surface area (Å²) in [7, 11) is 0. The van der Waals surface area contributed by atoms with E-state index in [1.165, 1.54) is 24.3 Å². The Hall–Kier alpha value is -1.89. The first-order valence-electron chi connectivity index (χ1n) is 7.09. The first kappa shape index (κ1) is 17.0. The summed E-state index contributed by atoms with van der Waals surface area (Å²) in [5.41, 5.74) is 0.678. The van der Waals surface area contributed by atoms with Crippen LogP contribution in [-0.4, -0.2) is 12.5 Å². The van der Waals surface area contributed by atoms with Gasteiger partial charge < -0.3 is 10.1 Å². The van der Waals surface area contributed by atoms with Gasteiger partial charge in [0.25, 0.3) is 5.91 Å². The Bertz CT molecular complexity index is 802. The summed E-state index contributed by atoms with van der Waals surface area (Å²) in [5.74, 6) is -1.48. The topological polar surface area (TPSA) is 50.4 Å². The van der Waals surface area contributed by atoms with E-state index in [1.807, 2.05) is 0 Å². The Balaban J connectivity index is 1.94. The number of fused-ring (bicyclic) bond motifs is 1. The summed E-state index contributed by atoms with van der Waals surface area (Å²) in [5, 5.41) is 2.47. The number of ether oxygens (including phenoxy) is 1. The summed E-state index contributed by atoms with van der Waals surface area (Å²) < 4.78 is 32.8. The van der Waals surface area contributed by atoms with Gasteiger partial charge in [0, 0.05) is 17.7 Å². The van der Waals surface area contributed by atoms with Gasteiger partial charge in [-0.1, -0.05) is 11.6 Å². The first-order chi connectivity index (χ1) is 11.5. The van der Waals surface area contributed by atoms with Crippen LogP contribution in [0.4, 0.5) is 14.5 Å². The minimum absolute atomic E-state index is 0.114. The zero-order chi connectivity index (χ0) is 17.3. The van der Waals surface area contributed by atoms with Crippen LogP contribution in [0.25, 0.3) is 0 Å². The van der Waals surface area contributed by atoms with Crippen LogP contribution in [0.15, 0.2) is 30.3 Å². The largest absolute Gasteiger partial charge is 0.492 e. The van der Waals surface area contributed by atoms with Gasteiger partial charge in [-0.25, -0.2) is 13.6 Å². The van der Waals surface area contributed by atoms with Crippen molar-refractivity contribution in [1.82, 2.24) is 4.84 Å². The predicted octanol–water partition coefficient (Wildman–Crippen LogP) is 4.44. The van der Waals surface area contributed by atoms with E-state index >= 15 is 0 Å². The lowest BCUT2D eigenvalue weighted by molar-refractivity contribution is 0.102. The highest BCUT2D eigenvalue weighted by molar-refractivity contribution is 6.31. The number of anilines is 1. The summed E-state index contributed by atoms with van der Waals surface area (Å²) in [6.07, 6.45) is 0.478. The fourth-order valence-corrected chi connectivity index (χ4v) is 2.94. The van der Waals surface area contributed by atoms with E-state index in [9.17, 15) is 13.6 Å². The fraction of sp³-hybridized carbons (Fsp3) is 0.188. The number of hydrogen-bond donors (Lipinski definition) is 2. The molecule has 1 atom stereocenters. The van der Waals surface area contributed by atoms with Crippen LogP contribution in [0.1, 0.15) is 28.4 Å². The quantitative estimate of drug-likeness (QED) is 0.783. The van der Waals surface area contributed by atoms with Crippen molar-refractivity contribution < 1.29 is 18.3 Å². The number of halogens is 4. The molecular formula is C16H12Cl2F2N2O2. The molecule has 1 amide bonds. The van der Waals surface area contributed by atoms with Crippen molar-refractivity contribution in [2.45, 2.75) is 12.5 Å². The van der Waals surface area contributed by atoms with Gasteiger partial charge in [0.15, 0.2) is 0 Å². The van der Waals surface area contributed by atoms with Crippen molar-refractivity contribution in [1.29, 1.82) is 0 Å². The van der Waals surface area contributed by atoms with Crippen LogP contribution in [0.5, 0.6) is 5.75 Å². The lowest BCUT2D eigenvalue weighted by atomic mass is 9.97. The van der Waals surface area contributed by atoms with Crippen molar-refractivity contribution in [3.8, 4) is 5.75 Å². The molecule has 3 rings (SSSR count). The van der Waals surface area contributed by atoms with Crippen LogP contribution in [-0.2, 0) is 0 Å². The van der Waals surface area contributed by atoms with Gasteiger partial charge in [-0.15, -0.1) is 0 Å². The Morgan fingerprint density at radius 1 is 1.21 bits per heavy atom. The van der Waals surface area contributed by atoms with Gasteiger partial charge in [0.05, 0.1) is 23.2 Å². The smallest absolute Gasteiger partial charge is 0.259 e. The molecule has 2 aromatic rings. The van der Waals surface area contributed by atoms with E-state index < -0.39 is 23.6 Å². The van der Waals surface area contributed by atoms with Crippen molar-refractivity contribution in [2.24, 2.45) is 0 Å². The zero-order valence-corrected chi connectivity index (χ0v) is 13.7. The molecule has 0 unspecified atom stereocenters. The number of hydrogen-bond acceptors (Lipinski definition) is 3. The second-order valence-corrected chi connectivity index (χ2v) is 5.85. The molecule has 4 nitrogen and oxygen atoms in total. The Morgan fingerprint density at radius 3 is 2.67 bits per heavy atom. The van der Waals surface area contributed by atoms with Crippen LogP contribution in [0.2, 0.25) is 5.02 Å². The van der Waals surface area contributed by atoms with Crippen LogP contribution < -0.4 is 14.9 Å². The van der Waals surface area contributed by atoms with E-state index in [-0.39, 0.29) is 21.9 Å². The molecule has 0 saturated heterocycles. The zero-order valence-electron chi connectivity index (χ0n) is 12.2. The predicted molar refractivity (Wildman–Crippen MR) is 87.6 cm³/mol. The van der Waals surface area contributed by atoms with Gasteiger partial charge in [-0.2, -0.15) is 0 Å². The second kappa shape index (κ2) is 6.93. The lowest BCUT2D eigenvalue weighted by Crippen LogP contribution is -2.25. The summed E-state index contributed by atoms with van der Waals surface area (Å²) >= 11 is 11.3. The average molecular weight is 373 g/mol. The highest BCUT2D eigenvalue weighted by atomic mass is 35.5. The van der Waals surface area contributed by atoms with Gasteiger partial charge >= 0.3 is 0 Å². The molecular weight excluding hydrogens is 361 g/mol. The third-order valence-electron chi connectivity index (χ3n) is 3.70. The first-order valence-corrected chi connectivity index (χ1v) is 7.84. The Labute approximate surface area is 146 Å². The van der Waals surface area contributed by atoms with Crippen molar-refractivity contribution in [2.75, 3.05) is 11.9 Å². The Kier molecular flexibility index (Phi) is 4.89. The highest BCUT2D eigenvalue weighted by Gasteiger charge is 2.29. The molecule has 126 valence electrons. The maximum Gasteiger partial charge on any atom is 0.259 e. The molecule has 1 heterocycles. The van der Waals surface area contributed by atoms with Crippen LogP contribution in [0, 0.1) is 11.6 Å². The number of carbonyl (C=O) groups excluding carboxylic acids is 1. The number of carbonyl (C=O) groups is 1. The van der Waals surface area contributed by atoms with E-state index in [0.29, 0.717) is 18.7 Å². The van der Waals surface area contributed by atoms with E-state index in [4.69, 9.17) is 28.1 Å². The third-order valence-corrected chi connectivity index (χ3v) is 4.25. The molecule has 1 aliphatic rings. The number of benzene rings is 2. The number of amides is 1. The molecule has 24 heavy (non-hydrogen) atoms. The molecule has 0 radical (unpaired) electrons. The molecule has 2 N–H and O–H groups in total. The van der Waals surface area contributed by atoms with E-state index in [2.05, 4.69) is 10.2 Å². The lowest BCUT2D eigenvalue weighted by Gasteiger charge is -2.26. The van der Waals surface area contributed by atoms with Crippen molar-refractivity contribution >= 4 is 35.0 Å². The molecule has 0 aliphatic carbocycles. The van der Waals surface area contributed by atoms with E-state index in [1.54, 1.807) is 0 Å². The van der Waals surface area contributed by atoms with Crippen molar-refractivity contribution in [3.63, 3.8) is 0 Å². The van der Waals surface area contributed by atoms with E-state index in [0.717, 1.165) is 6.07 Å². The monoisotopic (exact) mass is 372 g/mol. The molecule has 0 aromatic heterocycles. The number of nitrogens with one attached hydrogen (secondary N) is 2.